The average molecular weight is 318 g/mol. The molecule has 0 aromatic heterocycles. The average Bonchev–Trinajstić information content (AvgIpc) is 2.51. The SMILES string of the molecule is NCc1ccc(Oc2ccc(Cl)c3ccccc23)cc1Cl. The van der Waals surface area contributed by atoms with Gasteiger partial charge in [0.15, 0.2) is 0 Å². The van der Waals surface area contributed by atoms with Gasteiger partial charge in [0.05, 0.1) is 0 Å². The van der Waals surface area contributed by atoms with Gasteiger partial charge in [-0.25, -0.2) is 0 Å². The van der Waals surface area contributed by atoms with Gasteiger partial charge in [0.25, 0.3) is 0 Å². The molecule has 0 heterocycles. The molecule has 0 atom stereocenters. The van der Waals surface area contributed by atoms with Gasteiger partial charge in [0.2, 0.25) is 0 Å². The molecule has 0 aliphatic heterocycles. The van der Waals surface area contributed by atoms with Crippen LogP contribution in [0.1, 0.15) is 5.56 Å². The van der Waals surface area contributed by atoms with E-state index in [1.165, 1.54) is 0 Å². The first-order valence-electron chi connectivity index (χ1n) is 6.52. The van der Waals surface area contributed by atoms with Crippen molar-refractivity contribution in [3.8, 4) is 11.5 Å². The molecule has 0 saturated heterocycles. The molecule has 3 aromatic rings. The second-order valence-corrected chi connectivity index (χ2v) is 5.46. The Morgan fingerprint density at radius 1 is 0.857 bits per heavy atom. The molecule has 2 nitrogen and oxygen atoms in total. The lowest BCUT2D eigenvalue weighted by molar-refractivity contribution is 0.488. The molecule has 21 heavy (non-hydrogen) atoms. The Bertz CT molecular complexity index is 802. The van der Waals surface area contributed by atoms with E-state index in [1.807, 2.05) is 48.5 Å². The van der Waals surface area contributed by atoms with Crippen molar-refractivity contribution in [1.82, 2.24) is 0 Å². The van der Waals surface area contributed by atoms with Crippen LogP contribution in [0.25, 0.3) is 10.8 Å². The van der Waals surface area contributed by atoms with Crippen molar-refractivity contribution < 1.29 is 4.74 Å². The molecule has 0 amide bonds. The summed E-state index contributed by atoms with van der Waals surface area (Å²) < 4.78 is 5.94. The van der Waals surface area contributed by atoms with Crippen LogP contribution < -0.4 is 10.5 Å². The largest absolute Gasteiger partial charge is 0.457 e. The van der Waals surface area contributed by atoms with Gasteiger partial charge in [-0.3, -0.25) is 0 Å². The van der Waals surface area contributed by atoms with Gasteiger partial charge >= 0.3 is 0 Å². The fourth-order valence-electron chi connectivity index (χ4n) is 2.21. The van der Waals surface area contributed by atoms with Crippen LogP contribution in [0.15, 0.2) is 54.6 Å². The number of fused-ring (bicyclic) bond motifs is 1. The highest BCUT2D eigenvalue weighted by atomic mass is 35.5. The summed E-state index contributed by atoms with van der Waals surface area (Å²) in [5.41, 5.74) is 6.50. The quantitative estimate of drug-likeness (QED) is 0.702. The molecule has 3 rings (SSSR count). The fraction of sp³-hybridized carbons (Fsp3) is 0.0588. The van der Waals surface area contributed by atoms with Crippen LogP contribution in [0.5, 0.6) is 11.5 Å². The van der Waals surface area contributed by atoms with E-state index < -0.39 is 0 Å². The molecule has 0 fully saturated rings. The van der Waals surface area contributed by atoms with Gasteiger partial charge in [-0.2, -0.15) is 0 Å². The van der Waals surface area contributed by atoms with Crippen LogP contribution in [0.3, 0.4) is 0 Å². The lowest BCUT2D eigenvalue weighted by Gasteiger charge is -2.11. The standard InChI is InChI=1S/C17H13Cl2NO/c18-15-7-8-17(14-4-2-1-3-13(14)15)21-12-6-5-11(10-20)16(19)9-12/h1-9H,10,20H2. The van der Waals surface area contributed by atoms with E-state index in [-0.39, 0.29) is 0 Å². The van der Waals surface area contributed by atoms with Crippen LogP contribution in [-0.4, -0.2) is 0 Å². The second kappa shape index (κ2) is 5.94. The van der Waals surface area contributed by atoms with E-state index in [2.05, 4.69) is 0 Å². The van der Waals surface area contributed by atoms with Crippen LogP contribution in [0.4, 0.5) is 0 Å². The van der Waals surface area contributed by atoms with E-state index >= 15 is 0 Å². The van der Waals surface area contributed by atoms with Gasteiger partial charge in [-0.15, -0.1) is 0 Å². The van der Waals surface area contributed by atoms with E-state index in [0.29, 0.717) is 22.3 Å². The first-order valence-corrected chi connectivity index (χ1v) is 7.28. The Kier molecular flexibility index (Phi) is 4.02. The number of benzene rings is 3. The van der Waals surface area contributed by atoms with Gasteiger partial charge in [0, 0.05) is 27.4 Å². The van der Waals surface area contributed by atoms with Crippen molar-refractivity contribution in [2.75, 3.05) is 0 Å². The predicted octanol–water partition coefficient (Wildman–Crippen LogP) is 5.40. The first kappa shape index (κ1) is 14.2. The number of nitrogens with two attached hydrogens (primary N) is 1. The van der Waals surface area contributed by atoms with Gasteiger partial charge < -0.3 is 10.5 Å². The minimum atomic E-state index is 0.406. The third-order valence-electron chi connectivity index (χ3n) is 3.30. The molecule has 0 spiro atoms. The van der Waals surface area contributed by atoms with Crippen LogP contribution >= 0.6 is 23.2 Å². The number of ether oxygens (including phenoxy) is 1. The third kappa shape index (κ3) is 2.84. The highest BCUT2D eigenvalue weighted by Crippen LogP contribution is 2.35. The normalized spacial score (nSPS) is 10.8. The Balaban J connectivity index is 2.02. The number of halogens is 2. The molecule has 0 aliphatic carbocycles. The van der Waals surface area contributed by atoms with Crippen LogP contribution in [-0.2, 0) is 6.54 Å². The molecule has 0 saturated carbocycles. The minimum Gasteiger partial charge on any atom is -0.457 e. The summed E-state index contributed by atoms with van der Waals surface area (Å²) in [6.07, 6.45) is 0. The first-order chi connectivity index (χ1) is 10.2. The summed E-state index contributed by atoms with van der Waals surface area (Å²) in [5.74, 6) is 1.41. The number of hydrogen-bond donors (Lipinski definition) is 1. The Morgan fingerprint density at radius 3 is 2.33 bits per heavy atom. The monoisotopic (exact) mass is 317 g/mol. The third-order valence-corrected chi connectivity index (χ3v) is 3.98. The maximum atomic E-state index is 6.21. The van der Waals surface area contributed by atoms with Crippen molar-refractivity contribution >= 4 is 34.0 Å². The molecule has 0 aliphatic rings. The van der Waals surface area contributed by atoms with E-state index in [0.717, 1.165) is 22.1 Å². The van der Waals surface area contributed by atoms with Crippen molar-refractivity contribution in [3.05, 3.63) is 70.2 Å². The molecule has 4 heteroatoms. The van der Waals surface area contributed by atoms with Crippen molar-refractivity contribution in [3.63, 3.8) is 0 Å². The molecule has 2 N–H and O–H groups in total. The molecule has 0 bridgehead atoms. The zero-order chi connectivity index (χ0) is 14.8. The van der Waals surface area contributed by atoms with Crippen LogP contribution in [0.2, 0.25) is 10.0 Å². The number of rotatable bonds is 3. The second-order valence-electron chi connectivity index (χ2n) is 4.65. The van der Waals surface area contributed by atoms with Crippen molar-refractivity contribution in [2.45, 2.75) is 6.54 Å². The lowest BCUT2D eigenvalue weighted by Crippen LogP contribution is -1.97. The zero-order valence-electron chi connectivity index (χ0n) is 11.1. The van der Waals surface area contributed by atoms with Crippen LogP contribution in [0, 0.1) is 0 Å². The van der Waals surface area contributed by atoms with E-state index in [9.17, 15) is 0 Å². The topological polar surface area (TPSA) is 35.2 Å². The van der Waals surface area contributed by atoms with Crippen molar-refractivity contribution in [2.24, 2.45) is 5.73 Å². The molecule has 3 aromatic carbocycles. The van der Waals surface area contributed by atoms with E-state index in [4.69, 9.17) is 33.7 Å². The Hall–Kier alpha value is -1.74. The summed E-state index contributed by atoms with van der Waals surface area (Å²) in [7, 11) is 0. The summed E-state index contributed by atoms with van der Waals surface area (Å²) in [6.45, 7) is 0.406. The smallest absolute Gasteiger partial charge is 0.135 e. The minimum absolute atomic E-state index is 0.406. The highest BCUT2D eigenvalue weighted by Gasteiger charge is 2.07. The molecular formula is C17H13Cl2NO. The lowest BCUT2D eigenvalue weighted by atomic mass is 10.1. The highest BCUT2D eigenvalue weighted by molar-refractivity contribution is 6.35. The maximum Gasteiger partial charge on any atom is 0.135 e. The summed E-state index contributed by atoms with van der Waals surface area (Å²) in [6, 6.07) is 17.0. The Labute approximate surface area is 133 Å². The maximum absolute atomic E-state index is 6.21. The summed E-state index contributed by atoms with van der Waals surface area (Å²) in [4.78, 5) is 0. The fourth-order valence-corrected chi connectivity index (χ4v) is 2.68. The number of hydrogen-bond acceptors (Lipinski definition) is 2. The summed E-state index contributed by atoms with van der Waals surface area (Å²) >= 11 is 12.4. The molecule has 0 radical (unpaired) electrons. The predicted molar refractivity (Wildman–Crippen MR) is 88.4 cm³/mol. The van der Waals surface area contributed by atoms with E-state index in [1.54, 1.807) is 6.07 Å². The van der Waals surface area contributed by atoms with Gasteiger partial charge in [-0.05, 0) is 29.8 Å². The Morgan fingerprint density at radius 2 is 1.62 bits per heavy atom. The molecule has 106 valence electrons. The molecular weight excluding hydrogens is 305 g/mol. The van der Waals surface area contributed by atoms with Gasteiger partial charge in [-0.1, -0.05) is 53.5 Å². The van der Waals surface area contributed by atoms with Gasteiger partial charge in [0.1, 0.15) is 11.5 Å². The summed E-state index contributed by atoms with van der Waals surface area (Å²) in [5, 5.41) is 3.23. The zero-order valence-corrected chi connectivity index (χ0v) is 12.7. The molecule has 0 unspecified atom stereocenters. The van der Waals surface area contributed by atoms with Crippen molar-refractivity contribution in [1.29, 1.82) is 0 Å².